The molecule has 3 amide bonds. The second kappa shape index (κ2) is 14.9. The molecular formula is C30H33N7O9S2. The number of nitrogens with zero attached hydrogens (tertiary/aromatic N) is 6. The summed E-state index contributed by atoms with van der Waals surface area (Å²) in [5.74, 6) is -3.05. The summed E-state index contributed by atoms with van der Waals surface area (Å²) in [6.45, 7) is 1.93. The summed E-state index contributed by atoms with van der Waals surface area (Å²) in [5, 5.41) is 29.7. The van der Waals surface area contributed by atoms with E-state index in [1.54, 1.807) is 31.3 Å². The van der Waals surface area contributed by atoms with E-state index in [1.165, 1.54) is 27.6 Å². The van der Waals surface area contributed by atoms with Gasteiger partial charge in [-0.2, -0.15) is 14.3 Å². The zero-order chi connectivity index (χ0) is 34.5. The number of fused-ring (bicyclic) bond motifs is 2. The van der Waals surface area contributed by atoms with Gasteiger partial charge in [0.1, 0.15) is 28.7 Å². The van der Waals surface area contributed by atoms with Crippen LogP contribution in [0.2, 0.25) is 0 Å². The number of aliphatic carboxylic acids is 2. The number of carbonyl (C=O) groups is 5. The molecule has 18 heteroatoms. The Kier molecular flexibility index (Phi) is 10.7. The Balaban J connectivity index is 1.21. The van der Waals surface area contributed by atoms with Crippen molar-refractivity contribution < 1.29 is 38.9 Å². The van der Waals surface area contributed by atoms with Crippen molar-refractivity contribution in [3.8, 4) is 0 Å². The lowest BCUT2D eigenvalue weighted by atomic mass is 10.0. The van der Waals surface area contributed by atoms with Crippen LogP contribution in [0.3, 0.4) is 0 Å². The Hall–Kier alpha value is -4.84. The van der Waals surface area contributed by atoms with Crippen molar-refractivity contribution in [3.63, 3.8) is 0 Å². The number of carbonyl (C=O) groups excluding carboxylic acids is 3. The molecule has 5 rings (SSSR count). The van der Waals surface area contributed by atoms with Gasteiger partial charge < -0.3 is 25.2 Å². The van der Waals surface area contributed by atoms with Crippen molar-refractivity contribution in [1.29, 1.82) is 0 Å². The fourth-order valence-electron chi connectivity index (χ4n) is 5.17. The lowest BCUT2D eigenvalue weighted by Crippen LogP contribution is -2.70. The molecule has 2 aliphatic heterocycles. The minimum absolute atomic E-state index is 0.0464. The molecule has 254 valence electrons. The minimum atomic E-state index is -1.28. The number of β-lactam (4-membered cyclic amide) rings is 1. The van der Waals surface area contributed by atoms with Gasteiger partial charge in [0.25, 0.3) is 5.91 Å². The molecule has 3 N–H and O–H groups in total. The molecule has 2 aliphatic rings. The normalized spacial score (nSPS) is 17.1. The molecule has 1 fully saturated rings. The maximum absolute atomic E-state index is 13.2. The highest BCUT2D eigenvalue weighted by Gasteiger charge is 2.54. The van der Waals surface area contributed by atoms with Gasteiger partial charge in [-0.05, 0) is 35.3 Å². The van der Waals surface area contributed by atoms with Crippen LogP contribution >= 0.6 is 23.5 Å². The van der Waals surface area contributed by atoms with Gasteiger partial charge in [0.15, 0.2) is 5.65 Å². The number of unbranched alkanes of at least 4 members (excludes halogenated alkanes) is 1. The largest absolute Gasteiger partial charge is 0.480 e. The van der Waals surface area contributed by atoms with E-state index in [0.29, 0.717) is 22.8 Å². The fourth-order valence-corrected chi connectivity index (χ4v) is 7.51. The molecule has 0 aliphatic carbocycles. The zero-order valence-electron chi connectivity index (χ0n) is 26.0. The van der Waals surface area contributed by atoms with Crippen molar-refractivity contribution in [2.24, 2.45) is 0 Å². The third kappa shape index (κ3) is 7.49. The molecule has 1 aromatic carbocycles. The van der Waals surface area contributed by atoms with Gasteiger partial charge >= 0.3 is 23.7 Å². The maximum Gasteiger partial charge on any atom is 0.409 e. The number of ether oxygens (including phenoxy) is 1. The quantitative estimate of drug-likeness (QED) is 0.124. The number of carboxylic acids is 2. The van der Waals surface area contributed by atoms with Crippen molar-refractivity contribution in [3.05, 3.63) is 69.3 Å². The molecule has 0 saturated carbocycles. The topological polar surface area (TPSA) is 206 Å². The number of benzene rings is 1. The average Bonchev–Trinajstić information content (AvgIpc) is 3.36. The first-order chi connectivity index (χ1) is 23.0. The standard InChI is InChI=1S/C30H33N7O9S2/c1-3-4-11-46-30(45)34(2)13-18-8-6-5-7-17(18)12-21(38)31-24-26(41)36-25(28(42)43)19(16-48-27(24)36)15-47-22-10-9-20-32-35(14-23(39)40)29(44)37(20)33-22/h5-10,24,27H,3-4,11-16H2,1-2H3,(H,31,38)(H,39,40)(H,42,43)/t24?,27-/m1/s1. The summed E-state index contributed by atoms with van der Waals surface area (Å²) < 4.78 is 7.00. The van der Waals surface area contributed by atoms with Crippen molar-refractivity contribution in [2.75, 3.05) is 25.2 Å². The van der Waals surface area contributed by atoms with Crippen LogP contribution in [0.5, 0.6) is 0 Å². The van der Waals surface area contributed by atoms with Crippen LogP contribution in [0.15, 0.2) is 57.5 Å². The van der Waals surface area contributed by atoms with E-state index in [9.17, 15) is 33.9 Å². The van der Waals surface area contributed by atoms with Crippen LogP contribution in [-0.4, -0.2) is 106 Å². The monoisotopic (exact) mass is 699 g/mol. The second-order valence-corrected chi connectivity index (χ2v) is 13.1. The molecule has 2 atom stereocenters. The smallest absolute Gasteiger partial charge is 0.409 e. The molecule has 48 heavy (non-hydrogen) atoms. The minimum Gasteiger partial charge on any atom is -0.480 e. The number of aromatic nitrogens is 4. The lowest BCUT2D eigenvalue weighted by molar-refractivity contribution is -0.150. The van der Waals surface area contributed by atoms with E-state index in [4.69, 9.17) is 9.84 Å². The highest BCUT2D eigenvalue weighted by molar-refractivity contribution is 8.01. The van der Waals surface area contributed by atoms with E-state index < -0.39 is 53.5 Å². The predicted molar refractivity (Wildman–Crippen MR) is 173 cm³/mol. The van der Waals surface area contributed by atoms with Crippen LogP contribution in [-0.2, 0) is 43.4 Å². The SMILES string of the molecule is CCCCOC(=O)N(C)Cc1ccccc1CC(=O)NC1C(=O)N2C(C(=O)O)=C(CSc3ccc4nn(CC(=O)O)c(=O)n4n3)CS[C@H]12. The van der Waals surface area contributed by atoms with Gasteiger partial charge in [0, 0.05) is 25.1 Å². The first-order valence-electron chi connectivity index (χ1n) is 14.9. The van der Waals surface area contributed by atoms with Crippen LogP contribution in [0.1, 0.15) is 30.9 Å². The summed E-state index contributed by atoms with van der Waals surface area (Å²) >= 11 is 2.48. The first kappa shape index (κ1) is 34.5. The number of hydrogen-bond acceptors (Lipinski definition) is 11. The molecule has 16 nitrogen and oxygen atoms in total. The van der Waals surface area contributed by atoms with Gasteiger partial charge in [-0.15, -0.1) is 28.6 Å². The van der Waals surface area contributed by atoms with Crippen LogP contribution in [0, 0.1) is 0 Å². The molecular weight excluding hydrogens is 667 g/mol. The Morgan fingerprint density at radius 2 is 1.85 bits per heavy atom. The average molecular weight is 700 g/mol. The molecule has 4 heterocycles. The molecule has 0 bridgehead atoms. The second-order valence-electron chi connectivity index (χ2n) is 11.0. The third-order valence-electron chi connectivity index (χ3n) is 7.57. The van der Waals surface area contributed by atoms with E-state index >= 15 is 0 Å². The zero-order valence-corrected chi connectivity index (χ0v) is 27.7. The maximum atomic E-state index is 13.2. The Bertz CT molecular complexity index is 1860. The van der Waals surface area contributed by atoms with Gasteiger partial charge in [-0.3, -0.25) is 19.3 Å². The molecule has 2 aromatic heterocycles. The highest BCUT2D eigenvalue weighted by atomic mass is 32.2. The predicted octanol–water partition coefficient (Wildman–Crippen LogP) is 1.42. The fraction of sp³-hybridized carbons (Fsp3) is 0.400. The molecule has 1 saturated heterocycles. The van der Waals surface area contributed by atoms with Gasteiger partial charge in [0.05, 0.1) is 13.0 Å². The van der Waals surface area contributed by atoms with E-state index in [1.807, 2.05) is 13.0 Å². The lowest BCUT2D eigenvalue weighted by Gasteiger charge is -2.49. The molecule has 3 aromatic rings. The summed E-state index contributed by atoms with van der Waals surface area (Å²) in [6.07, 6.45) is 1.16. The molecule has 0 spiro atoms. The number of rotatable bonds is 14. The van der Waals surface area contributed by atoms with E-state index in [2.05, 4.69) is 15.5 Å². The number of thioether (sulfide) groups is 2. The third-order valence-corrected chi connectivity index (χ3v) is 9.92. The number of amides is 3. The summed E-state index contributed by atoms with van der Waals surface area (Å²) in [5.41, 5.74) is 1.17. The van der Waals surface area contributed by atoms with Crippen molar-refractivity contribution >= 4 is 59.0 Å². The van der Waals surface area contributed by atoms with Crippen molar-refractivity contribution in [2.45, 2.75) is 55.7 Å². The van der Waals surface area contributed by atoms with Crippen LogP contribution in [0.4, 0.5) is 4.79 Å². The van der Waals surface area contributed by atoms with E-state index in [0.717, 1.165) is 39.4 Å². The first-order valence-corrected chi connectivity index (χ1v) is 17.0. The molecule has 0 radical (unpaired) electrons. The van der Waals surface area contributed by atoms with Crippen LogP contribution < -0.4 is 11.0 Å². The molecule has 1 unspecified atom stereocenters. The van der Waals surface area contributed by atoms with E-state index in [-0.39, 0.29) is 35.8 Å². The van der Waals surface area contributed by atoms with Crippen molar-refractivity contribution in [1.82, 2.24) is 34.5 Å². The van der Waals surface area contributed by atoms with Gasteiger partial charge in [0.2, 0.25) is 5.91 Å². The highest BCUT2D eigenvalue weighted by Crippen LogP contribution is 2.41. The summed E-state index contributed by atoms with van der Waals surface area (Å²) in [4.78, 5) is 77.0. The number of nitrogens with one attached hydrogen (secondary N) is 1. The Morgan fingerprint density at radius 3 is 2.56 bits per heavy atom. The number of hydrogen-bond donors (Lipinski definition) is 3. The Morgan fingerprint density at radius 1 is 1.10 bits per heavy atom. The van der Waals surface area contributed by atoms with Gasteiger partial charge in [-0.1, -0.05) is 37.6 Å². The summed E-state index contributed by atoms with van der Waals surface area (Å²) in [6, 6.07) is 9.34. The number of carboxylic acid groups (broad SMARTS) is 2. The Labute approximate surface area is 282 Å². The summed E-state index contributed by atoms with van der Waals surface area (Å²) in [7, 11) is 1.61. The van der Waals surface area contributed by atoms with Crippen LogP contribution in [0.25, 0.3) is 5.65 Å². The van der Waals surface area contributed by atoms with Gasteiger partial charge in [-0.25, -0.2) is 14.4 Å².